The first-order chi connectivity index (χ1) is 16.2. The Morgan fingerprint density at radius 2 is 2.15 bits per heavy atom. The summed E-state index contributed by atoms with van der Waals surface area (Å²) >= 11 is 3.49. The second-order valence-electron chi connectivity index (χ2n) is 7.12. The van der Waals surface area contributed by atoms with Gasteiger partial charge in [0, 0.05) is 34.5 Å². The number of halogens is 1. The Kier molecular flexibility index (Phi) is 5.94. The maximum atomic E-state index is 6.14. The molecule has 0 bridgehead atoms. The maximum Gasteiger partial charge on any atom is 0.248 e. The Hall–Kier alpha value is -3.86. The molecule has 0 spiro atoms. The van der Waals surface area contributed by atoms with E-state index in [1.54, 1.807) is 30.3 Å². The molecule has 0 amide bonds. The maximum absolute atomic E-state index is 6.14. The number of benzene rings is 2. The number of rotatable bonds is 7. The average molecular weight is 510 g/mol. The van der Waals surface area contributed by atoms with E-state index in [0.29, 0.717) is 54.3 Å². The number of methoxy groups -OCH3 is 1. The fraction of sp³-hybridized carbons (Fsp3) is 0.182. The molecule has 2 N–H and O–H groups in total. The lowest BCUT2D eigenvalue weighted by Gasteiger charge is -2.14. The predicted molar refractivity (Wildman–Crippen MR) is 125 cm³/mol. The zero-order valence-electron chi connectivity index (χ0n) is 17.7. The molecule has 0 fully saturated rings. The van der Waals surface area contributed by atoms with Crippen molar-refractivity contribution >= 4 is 33.1 Å². The summed E-state index contributed by atoms with van der Waals surface area (Å²) in [6.45, 7) is 1.48. The highest BCUT2D eigenvalue weighted by atomic mass is 79.9. The van der Waals surface area contributed by atoms with E-state index in [1.807, 2.05) is 30.3 Å². The summed E-state index contributed by atoms with van der Waals surface area (Å²) in [6.07, 6.45) is 4.88. The van der Waals surface area contributed by atoms with Gasteiger partial charge in [-0.2, -0.15) is 4.98 Å². The van der Waals surface area contributed by atoms with Crippen molar-refractivity contribution in [2.24, 2.45) is 0 Å². The van der Waals surface area contributed by atoms with Crippen molar-refractivity contribution in [3.05, 3.63) is 65.2 Å². The number of anilines is 3. The molecule has 168 valence electrons. The Morgan fingerprint density at radius 1 is 1.21 bits per heavy atom. The summed E-state index contributed by atoms with van der Waals surface area (Å²) in [5.74, 6) is 2.85. The first kappa shape index (κ1) is 21.0. The molecule has 33 heavy (non-hydrogen) atoms. The smallest absolute Gasteiger partial charge is 0.248 e. The molecule has 0 saturated heterocycles. The van der Waals surface area contributed by atoms with Crippen molar-refractivity contribution in [2.75, 3.05) is 24.4 Å². The molecule has 1 aliphatic rings. The molecule has 1 aliphatic heterocycles. The summed E-state index contributed by atoms with van der Waals surface area (Å²) in [4.78, 5) is 8.72. The first-order valence-electron chi connectivity index (χ1n) is 10.2. The molecule has 0 atom stereocenters. The van der Waals surface area contributed by atoms with Gasteiger partial charge in [-0.3, -0.25) is 0 Å². The van der Waals surface area contributed by atoms with Crippen LogP contribution in [-0.4, -0.2) is 38.7 Å². The molecule has 0 radical (unpaired) electrons. The number of hydrogen-bond donors (Lipinski definition) is 2. The molecular formula is C22H20BrN7O3. The van der Waals surface area contributed by atoms with Gasteiger partial charge >= 0.3 is 0 Å². The van der Waals surface area contributed by atoms with E-state index in [9.17, 15) is 0 Å². The summed E-state index contributed by atoms with van der Waals surface area (Å²) in [6, 6.07) is 11.5. The minimum Gasteiger partial charge on any atom is -0.493 e. The van der Waals surface area contributed by atoms with Crippen LogP contribution in [0.1, 0.15) is 5.56 Å². The molecule has 0 aliphatic carbocycles. The van der Waals surface area contributed by atoms with E-state index in [1.165, 1.54) is 6.33 Å². The molecular weight excluding hydrogens is 490 g/mol. The Bertz CT molecular complexity index is 1270. The van der Waals surface area contributed by atoms with Gasteiger partial charge in [0.25, 0.3) is 0 Å². The van der Waals surface area contributed by atoms with Gasteiger partial charge in [0.15, 0.2) is 17.3 Å². The predicted octanol–water partition coefficient (Wildman–Crippen LogP) is 4.38. The molecule has 2 aromatic heterocycles. The van der Waals surface area contributed by atoms with Crippen molar-refractivity contribution in [1.82, 2.24) is 25.0 Å². The van der Waals surface area contributed by atoms with Crippen LogP contribution in [0, 0.1) is 0 Å². The number of aromatic nitrogens is 5. The molecule has 5 rings (SSSR count). The Balaban J connectivity index is 1.38. The lowest BCUT2D eigenvalue weighted by atomic mass is 10.1. The van der Waals surface area contributed by atoms with Crippen LogP contribution in [-0.2, 0) is 13.1 Å². The number of hydrogen-bond acceptors (Lipinski definition) is 9. The van der Waals surface area contributed by atoms with Crippen LogP contribution in [0.4, 0.5) is 17.2 Å². The van der Waals surface area contributed by atoms with Crippen LogP contribution in [0.25, 0.3) is 0 Å². The molecule has 4 aromatic rings. The third kappa shape index (κ3) is 4.67. The molecule has 0 saturated carbocycles. The van der Waals surface area contributed by atoms with Crippen LogP contribution in [0.5, 0.6) is 23.1 Å². The van der Waals surface area contributed by atoms with E-state index in [4.69, 9.17) is 14.2 Å². The van der Waals surface area contributed by atoms with Gasteiger partial charge in [-0.25, -0.2) is 9.67 Å². The first-order valence-corrected chi connectivity index (χ1v) is 11.0. The van der Waals surface area contributed by atoms with E-state index >= 15 is 0 Å². The molecule has 10 nitrogen and oxygen atoms in total. The fourth-order valence-corrected chi connectivity index (χ4v) is 3.78. The SMILES string of the molecule is COc1cc2c(cc1OCCn1ccnn1)CNc1c(Nc3cccc(Br)c3)ncnc1O2. The zero-order valence-corrected chi connectivity index (χ0v) is 19.2. The van der Waals surface area contributed by atoms with Gasteiger partial charge in [-0.15, -0.1) is 5.10 Å². The van der Waals surface area contributed by atoms with Gasteiger partial charge < -0.3 is 24.8 Å². The van der Waals surface area contributed by atoms with E-state index in [-0.39, 0.29) is 0 Å². The van der Waals surface area contributed by atoms with Crippen LogP contribution in [0.15, 0.2) is 59.6 Å². The van der Waals surface area contributed by atoms with E-state index in [2.05, 4.69) is 46.8 Å². The normalized spacial score (nSPS) is 11.9. The lowest BCUT2D eigenvalue weighted by Crippen LogP contribution is -2.10. The van der Waals surface area contributed by atoms with Crippen LogP contribution >= 0.6 is 15.9 Å². The average Bonchev–Trinajstić information content (AvgIpc) is 3.26. The zero-order chi connectivity index (χ0) is 22.6. The third-order valence-corrected chi connectivity index (χ3v) is 5.45. The summed E-state index contributed by atoms with van der Waals surface area (Å²) in [5, 5.41) is 14.4. The van der Waals surface area contributed by atoms with Crippen molar-refractivity contribution in [2.45, 2.75) is 13.1 Å². The number of fused-ring (bicyclic) bond motifs is 2. The highest BCUT2D eigenvalue weighted by Crippen LogP contribution is 2.42. The number of ether oxygens (including phenoxy) is 3. The summed E-state index contributed by atoms with van der Waals surface area (Å²) in [7, 11) is 1.59. The van der Waals surface area contributed by atoms with Crippen molar-refractivity contribution in [3.63, 3.8) is 0 Å². The van der Waals surface area contributed by atoms with Crippen LogP contribution < -0.4 is 24.8 Å². The molecule has 0 unspecified atom stereocenters. The monoisotopic (exact) mass is 509 g/mol. The minimum atomic E-state index is 0.416. The largest absolute Gasteiger partial charge is 0.493 e. The highest BCUT2D eigenvalue weighted by molar-refractivity contribution is 9.10. The van der Waals surface area contributed by atoms with Crippen molar-refractivity contribution in [1.29, 1.82) is 0 Å². The second-order valence-corrected chi connectivity index (χ2v) is 8.03. The standard InChI is InChI=1S/C22H20BrN7O3/c1-31-18-11-17-14(9-19(18)32-8-7-30-6-5-27-29-30)12-24-20-21(25-13-26-22(20)33-17)28-16-4-2-3-15(23)10-16/h2-6,9-11,13,24H,7-8,12H2,1H3,(H,25,26,28). The van der Waals surface area contributed by atoms with Gasteiger partial charge in [0.05, 0.1) is 19.9 Å². The van der Waals surface area contributed by atoms with Gasteiger partial charge in [-0.1, -0.05) is 27.2 Å². The van der Waals surface area contributed by atoms with Crippen molar-refractivity contribution < 1.29 is 14.2 Å². The summed E-state index contributed by atoms with van der Waals surface area (Å²) < 4.78 is 20.3. The quantitative estimate of drug-likeness (QED) is 0.375. The number of nitrogens with zero attached hydrogens (tertiary/aromatic N) is 5. The van der Waals surface area contributed by atoms with Gasteiger partial charge in [-0.05, 0) is 24.3 Å². The Labute approximate surface area is 198 Å². The molecule has 3 heterocycles. The van der Waals surface area contributed by atoms with Crippen molar-refractivity contribution in [3.8, 4) is 23.1 Å². The van der Waals surface area contributed by atoms with Gasteiger partial charge in [0.1, 0.15) is 24.4 Å². The van der Waals surface area contributed by atoms with Gasteiger partial charge in [0.2, 0.25) is 5.88 Å². The summed E-state index contributed by atoms with van der Waals surface area (Å²) in [5.41, 5.74) is 2.46. The van der Waals surface area contributed by atoms with Crippen LogP contribution in [0.3, 0.4) is 0 Å². The highest BCUT2D eigenvalue weighted by Gasteiger charge is 2.22. The molecule has 2 aromatic carbocycles. The molecule has 11 heteroatoms. The second kappa shape index (κ2) is 9.33. The van der Waals surface area contributed by atoms with E-state index in [0.717, 1.165) is 15.7 Å². The van der Waals surface area contributed by atoms with E-state index < -0.39 is 0 Å². The lowest BCUT2D eigenvalue weighted by molar-refractivity contribution is 0.272. The fourth-order valence-electron chi connectivity index (χ4n) is 3.38. The third-order valence-electron chi connectivity index (χ3n) is 4.96. The minimum absolute atomic E-state index is 0.416. The topological polar surface area (TPSA) is 108 Å². The number of nitrogens with one attached hydrogen (secondary N) is 2. The van der Waals surface area contributed by atoms with Crippen LogP contribution in [0.2, 0.25) is 0 Å². The Morgan fingerprint density at radius 3 is 2.97 bits per heavy atom.